The third-order valence-electron chi connectivity index (χ3n) is 22.2. The number of ether oxygens (including phenoxy) is 6. The van der Waals surface area contributed by atoms with Gasteiger partial charge >= 0.3 is 46.9 Å². The van der Waals surface area contributed by atoms with Crippen molar-refractivity contribution in [3.05, 3.63) is 106 Å². The molecule has 0 amide bonds. The number of nitrogens with one attached hydrogen (secondary N) is 3. The van der Waals surface area contributed by atoms with Crippen molar-refractivity contribution < 1.29 is 153 Å². The molecule has 28 atom stereocenters. The van der Waals surface area contributed by atoms with Crippen LogP contribution >= 0.6 is 46.9 Å². The van der Waals surface area contributed by atoms with Gasteiger partial charge in [-0.1, -0.05) is 6.92 Å². The molecule has 60 nitrogen and oxygen atoms in total. The number of halogens is 3. The SMILES string of the molecule is C[C@@H]1[C@@H]2OP(=O)(O)OC[C@@H]3C[C@@H](OP(=O)(O)OC[C@H]2O[C@H]1n1cnc2c(N)ccnc21)[C@H](n1cnc2c(=O)[nH]c(N)nc21)O3.Nc1nc2c(ncn2[C@@H]2O[C@@H]3COP(=O)(O)OC4[C@@H](COP(=O)(O)O[C@H]2C3)O[C@@H](n2cnc3c(N)ccnc32)[C@H]4F)c(=O)[nH]1.Nc1nc2c(ncn2[C@@H]2O[C@@H]3COP(=O)(O)OC4[C@@H](COP(=O)(O)O[C@H]2C3F)O[C@@H](n2cnc3c(N)ccnc32)[C@H]4F)c(=O)[nH]1. The number of pyridine rings is 3. The fourth-order valence-electron chi connectivity index (χ4n) is 16.3. The summed E-state index contributed by atoms with van der Waals surface area (Å²) in [5, 5.41) is 0. The van der Waals surface area contributed by atoms with Crippen LogP contribution in [0.1, 0.15) is 57.1 Å². The number of anilines is 6. The van der Waals surface area contributed by atoms with Crippen LogP contribution in [0.3, 0.4) is 0 Å². The number of aromatic amines is 3. The van der Waals surface area contributed by atoms with E-state index in [2.05, 4.69) is 74.8 Å². The van der Waals surface area contributed by atoms with Gasteiger partial charge < -0.3 is 92.2 Å². The van der Waals surface area contributed by atoms with Crippen LogP contribution < -0.4 is 51.1 Å². The monoisotopic (exact) mass is 1990 g/mol. The summed E-state index contributed by atoms with van der Waals surface area (Å²) in [6.07, 6.45) is -20.6. The van der Waals surface area contributed by atoms with Crippen molar-refractivity contribution in [2.75, 3.05) is 74.0 Å². The highest BCUT2D eigenvalue weighted by atomic mass is 31.2. The van der Waals surface area contributed by atoms with E-state index in [1.54, 1.807) is 17.6 Å². The number of nitrogens with two attached hydrogens (primary N) is 6. The fourth-order valence-corrected chi connectivity index (χ4v) is 22.1. The van der Waals surface area contributed by atoms with Crippen LogP contribution in [-0.2, 0) is 110 Å². The van der Waals surface area contributed by atoms with E-state index < -0.39 is 238 Å². The first kappa shape index (κ1) is 92.0. The normalized spacial score (nSPS) is 36.9. The average Bonchev–Trinajstić information content (AvgIpc) is 1.57. The highest BCUT2D eigenvalue weighted by molar-refractivity contribution is 7.48. The molecule has 0 saturated carbocycles. The largest absolute Gasteiger partial charge is 0.472 e. The molecular weight excluding hydrogens is 1920 g/mol. The van der Waals surface area contributed by atoms with Crippen LogP contribution in [-0.4, -0.2) is 263 Å². The molecule has 133 heavy (non-hydrogen) atoms. The zero-order valence-electron chi connectivity index (χ0n) is 67.3. The molecule has 9 fully saturated rings. The highest BCUT2D eigenvalue weighted by Gasteiger charge is 2.58. The Hall–Kier alpha value is -10.1. The summed E-state index contributed by atoms with van der Waals surface area (Å²) in [5.41, 5.74) is 34.7. The number of hydrogen-bond acceptors (Lipinski definition) is 45. The van der Waals surface area contributed by atoms with Crippen LogP contribution in [0.2, 0.25) is 0 Å². The third kappa shape index (κ3) is 18.0. The van der Waals surface area contributed by atoms with Gasteiger partial charge in [0.25, 0.3) is 16.7 Å². The maximum atomic E-state index is 15.9. The van der Waals surface area contributed by atoms with Gasteiger partial charge in [-0.15, -0.1) is 0 Å². The summed E-state index contributed by atoms with van der Waals surface area (Å²) < 4.78 is 232. The first-order chi connectivity index (χ1) is 63.1. The Labute approximate surface area is 735 Å². The first-order valence-electron chi connectivity index (χ1n) is 39.3. The minimum absolute atomic E-state index is 0.0166. The second-order valence-corrected chi connectivity index (χ2v) is 39.3. The van der Waals surface area contributed by atoms with E-state index in [0.29, 0.717) is 16.9 Å². The first-order valence-corrected chi connectivity index (χ1v) is 48.2. The van der Waals surface area contributed by atoms with E-state index in [1.807, 2.05) is 0 Å². The van der Waals surface area contributed by atoms with Gasteiger partial charge in [0.1, 0.15) is 83.8 Å². The quantitative estimate of drug-likeness (QED) is 0.103. The molecule has 9 aliphatic rings. The summed E-state index contributed by atoms with van der Waals surface area (Å²) in [6, 6.07) is 4.55. The molecule has 0 aromatic carbocycles. The number of imidazole rings is 6. The molecule has 69 heteroatoms. The van der Waals surface area contributed by atoms with Crippen molar-refractivity contribution in [3.63, 3.8) is 0 Å². The number of alkyl halides is 3. The average molecular weight is 1990 g/mol. The van der Waals surface area contributed by atoms with Gasteiger partial charge in [-0.05, 0) is 18.2 Å². The number of phosphoric acid groups is 6. The number of rotatable bonds is 6. The molecule has 0 spiro atoms. The Morgan fingerprint density at radius 1 is 0.331 bits per heavy atom. The predicted octanol–water partition coefficient (Wildman–Crippen LogP) is 1.06. The van der Waals surface area contributed by atoms with Gasteiger partial charge in [-0.25, -0.2) is 85.4 Å². The van der Waals surface area contributed by atoms with Crippen molar-refractivity contribution in [2.45, 2.75) is 149 Å². The summed E-state index contributed by atoms with van der Waals surface area (Å²) in [4.78, 5) is 156. The van der Waals surface area contributed by atoms with Crippen LogP contribution in [0, 0.1) is 5.92 Å². The molecule has 0 radical (unpaired) electrons. The van der Waals surface area contributed by atoms with E-state index in [1.165, 1.54) is 76.1 Å². The minimum atomic E-state index is -5.23. The number of nitrogen functional groups attached to an aromatic ring is 6. The van der Waals surface area contributed by atoms with Crippen molar-refractivity contribution >= 4 is 149 Å². The number of hydrogen-bond donors (Lipinski definition) is 15. The zero-order valence-corrected chi connectivity index (χ0v) is 72.7. The molecule has 21 heterocycles. The Morgan fingerprint density at radius 3 is 0.992 bits per heavy atom. The second-order valence-electron chi connectivity index (χ2n) is 30.9. The lowest BCUT2D eigenvalue weighted by molar-refractivity contribution is -0.0670. The maximum Gasteiger partial charge on any atom is 0.472 e. The van der Waals surface area contributed by atoms with Gasteiger partial charge in [-0.2, -0.15) is 15.0 Å². The van der Waals surface area contributed by atoms with E-state index in [0.717, 1.165) is 15.5 Å². The second kappa shape index (κ2) is 34.9. The molecule has 9 unspecified atom stereocenters. The summed E-state index contributed by atoms with van der Waals surface area (Å²) in [7, 11) is -29.9. The number of phosphoric ester groups is 6. The van der Waals surface area contributed by atoms with E-state index in [-0.39, 0.29) is 97.9 Å². The highest BCUT2D eigenvalue weighted by Crippen LogP contribution is 2.59. The van der Waals surface area contributed by atoms with Crippen molar-refractivity contribution in [1.29, 1.82) is 0 Å². The van der Waals surface area contributed by atoms with Crippen molar-refractivity contribution in [2.24, 2.45) is 5.92 Å². The number of nitrogens with zero attached hydrogens (tertiary/aromatic N) is 18. The Bertz CT molecular complexity index is 6770. The lowest BCUT2D eigenvalue weighted by Gasteiger charge is -2.26. The molecule has 714 valence electrons. The van der Waals surface area contributed by atoms with Crippen molar-refractivity contribution in [1.82, 2.24) is 102 Å². The van der Waals surface area contributed by atoms with Crippen LogP contribution in [0.4, 0.5) is 48.1 Å². The predicted molar refractivity (Wildman–Crippen MR) is 434 cm³/mol. The Morgan fingerprint density at radius 2 is 0.617 bits per heavy atom. The van der Waals surface area contributed by atoms with E-state index in [9.17, 15) is 71.1 Å². The van der Waals surface area contributed by atoms with Gasteiger partial charge in [0.2, 0.25) is 17.8 Å². The molecule has 21 N–H and O–H groups in total. The topological polar surface area (TPSA) is 829 Å². The minimum Gasteiger partial charge on any atom is -0.397 e. The van der Waals surface area contributed by atoms with Gasteiger partial charge in [0.15, 0.2) is 100 Å². The van der Waals surface area contributed by atoms with Crippen LogP contribution in [0.25, 0.3) is 67.0 Å². The molecule has 9 aliphatic heterocycles. The van der Waals surface area contributed by atoms with Crippen LogP contribution in [0.15, 0.2) is 89.1 Å². The molecule has 21 rings (SSSR count). The van der Waals surface area contributed by atoms with Gasteiger partial charge in [0, 0.05) is 37.4 Å². The van der Waals surface area contributed by atoms with E-state index >= 15 is 13.2 Å². The lowest BCUT2D eigenvalue weighted by Crippen LogP contribution is -2.34. The number of aromatic nitrogens is 21. The fraction of sp³-hybridized carbons (Fsp3) is 0.484. The summed E-state index contributed by atoms with van der Waals surface area (Å²) in [5.74, 6) is -1.38. The summed E-state index contributed by atoms with van der Waals surface area (Å²) >= 11 is 0. The van der Waals surface area contributed by atoms with Crippen molar-refractivity contribution in [3.8, 4) is 0 Å². The Balaban J connectivity index is 0.000000129. The van der Waals surface area contributed by atoms with Crippen LogP contribution in [0.5, 0.6) is 0 Å². The lowest BCUT2D eigenvalue weighted by atomic mass is 10.0. The molecule has 9 saturated heterocycles. The summed E-state index contributed by atoms with van der Waals surface area (Å²) in [6.45, 7) is -2.68. The molecule has 6 bridgehead atoms. The number of H-pyrrole nitrogens is 3. The molecule has 12 aromatic heterocycles. The third-order valence-corrected chi connectivity index (χ3v) is 28.2. The zero-order chi connectivity index (χ0) is 93.8. The molecular formula is C64H74F3N27O33P6. The molecule has 0 aliphatic carbocycles. The number of fused-ring (bicyclic) bond motifs is 15. The smallest absolute Gasteiger partial charge is 0.397 e. The van der Waals surface area contributed by atoms with Gasteiger partial charge in [-0.3, -0.25) is 111 Å². The molecule has 12 aromatic rings. The standard InChI is InChI=1S/C22H27N9O11P2.C21H23F2N9O11P2.C21H24FN9O11P2/c1-9-16-13(40-20(9)30-7-26-14-11(23)2-3-25-17(14)30)6-38-43(33,34)41-12-4-10(5-37-44(35,36)42-16)39-21(12)31-8-27-15-18(31)28-22(24)29-19(15)32;22-10-8-3-38-44(34,35)42-14-9(41-19(11(14)23)31-5-27-12-7(24)1-2-26-16(12)31)4-39-45(36,37)43-15(10)20(40-8)32-6-28-13-17(32)29-21(25)30-18(13)33;22-12-15-11(40-20(12)30-6-26-13-9(23)1-2-25-16(13)30)5-38-43(33,34)41-10-3-8(4-37-44(35,36)42-15)39-19(10)31-7-27-14-17(31)28-21(24)29-18(14)32/h2-3,7-10,12-13,16,20-21H,4-6H2,1H3,(H2,23,25)(H,33,34)(H,35,36)(H3,24,28,29,32);1-2,5-6,8-11,14-15,19-20H,3-4H2,(H2,24,26)(H,34,35)(H,36,37)(H3,25,29,30,33);1-2,6-8,10-12,15,19-20H,3-5H2,(H2,23,25)(H,33,34)(H,35,36)(H3,24,28,29,32)/t9-,10+,12-,13-,16+,20-,21-;8-,9-,10?,11+,14?,15+,19-,20-;8-,10-,11+,12-,15?,19+,20+/m110/s1. The Kier molecular flexibility index (Phi) is 24.2. The van der Waals surface area contributed by atoms with E-state index in [4.69, 9.17) is 117 Å². The maximum absolute atomic E-state index is 15.9. The van der Waals surface area contributed by atoms with Gasteiger partial charge in [0.05, 0.1) is 107 Å².